The van der Waals surface area contributed by atoms with Gasteiger partial charge in [0.15, 0.2) is 12.4 Å². The summed E-state index contributed by atoms with van der Waals surface area (Å²) in [6.07, 6.45) is 0. The Morgan fingerprint density at radius 3 is 2.22 bits per heavy atom. The number of ketones is 1. The number of rotatable bonds is 7. The second-order valence-corrected chi connectivity index (χ2v) is 8.14. The van der Waals surface area contributed by atoms with E-state index in [-0.39, 0.29) is 16.2 Å². The zero-order chi connectivity index (χ0) is 20.2. The number of carbonyl (C=O) groups is 2. The third kappa shape index (κ3) is 4.72. The normalized spacial score (nSPS) is 11.3. The molecule has 27 heavy (non-hydrogen) atoms. The number of benzene rings is 2. The lowest BCUT2D eigenvalue weighted by Crippen LogP contribution is -2.23. The number of nitrogens with zero attached hydrogens (tertiary/aromatic N) is 1. The van der Waals surface area contributed by atoms with Crippen molar-refractivity contribution in [3.8, 4) is 5.75 Å². The number of sulfonamides is 1. The van der Waals surface area contributed by atoms with E-state index < -0.39 is 22.6 Å². The van der Waals surface area contributed by atoms with E-state index >= 15 is 0 Å². The molecular formula is C19H21NO6S. The Bertz CT molecular complexity index is 949. The molecule has 2 rings (SSSR count). The van der Waals surface area contributed by atoms with Crippen LogP contribution in [0.25, 0.3) is 0 Å². The van der Waals surface area contributed by atoms with Crippen LogP contribution in [0.2, 0.25) is 0 Å². The summed E-state index contributed by atoms with van der Waals surface area (Å²) in [6.45, 7) is 1.21. The fourth-order valence-corrected chi connectivity index (χ4v) is 3.19. The van der Waals surface area contributed by atoms with Crippen LogP contribution in [0.4, 0.5) is 0 Å². The summed E-state index contributed by atoms with van der Waals surface area (Å²) in [5.41, 5.74) is 1.03. The molecule has 2 aromatic rings. The topological polar surface area (TPSA) is 90.0 Å². The molecule has 0 unspecified atom stereocenters. The molecule has 0 atom stereocenters. The van der Waals surface area contributed by atoms with E-state index in [2.05, 4.69) is 0 Å². The molecule has 0 heterocycles. The second kappa shape index (κ2) is 8.32. The van der Waals surface area contributed by atoms with Crippen molar-refractivity contribution in [3.63, 3.8) is 0 Å². The Hall–Kier alpha value is -2.71. The van der Waals surface area contributed by atoms with Gasteiger partial charge < -0.3 is 9.47 Å². The van der Waals surface area contributed by atoms with E-state index in [4.69, 9.17) is 9.47 Å². The van der Waals surface area contributed by atoms with Crippen molar-refractivity contribution in [2.45, 2.75) is 11.8 Å². The lowest BCUT2D eigenvalue weighted by Gasteiger charge is -2.13. The van der Waals surface area contributed by atoms with Gasteiger partial charge in [0.05, 0.1) is 17.6 Å². The Labute approximate surface area is 158 Å². The highest BCUT2D eigenvalue weighted by molar-refractivity contribution is 7.89. The Balaban J connectivity index is 2.14. The predicted octanol–water partition coefficient (Wildman–Crippen LogP) is 2.29. The van der Waals surface area contributed by atoms with Crippen molar-refractivity contribution in [1.29, 1.82) is 0 Å². The molecule has 0 aliphatic heterocycles. The van der Waals surface area contributed by atoms with Crippen molar-refractivity contribution in [3.05, 3.63) is 59.2 Å². The highest BCUT2D eigenvalue weighted by Gasteiger charge is 2.21. The lowest BCUT2D eigenvalue weighted by atomic mass is 10.1. The van der Waals surface area contributed by atoms with Gasteiger partial charge in [-0.2, -0.15) is 0 Å². The fourth-order valence-electron chi connectivity index (χ4n) is 2.26. The highest BCUT2D eigenvalue weighted by atomic mass is 32.2. The summed E-state index contributed by atoms with van der Waals surface area (Å²) in [4.78, 5) is 24.5. The molecule has 0 spiro atoms. The molecule has 8 heteroatoms. The minimum atomic E-state index is -3.68. The minimum absolute atomic E-state index is 0.0217. The zero-order valence-corrected chi connectivity index (χ0v) is 16.4. The molecule has 0 radical (unpaired) electrons. The first kappa shape index (κ1) is 20.6. The number of Topliss-reactive ketones (excluding diaryl/α,β-unsaturated/α-hetero) is 1. The van der Waals surface area contributed by atoms with Crippen molar-refractivity contribution in [2.75, 3.05) is 27.8 Å². The van der Waals surface area contributed by atoms with Gasteiger partial charge in [0.25, 0.3) is 0 Å². The quantitative estimate of drug-likeness (QED) is 0.531. The molecule has 0 saturated heterocycles. The van der Waals surface area contributed by atoms with Crippen LogP contribution < -0.4 is 4.74 Å². The van der Waals surface area contributed by atoms with Gasteiger partial charge in [0.1, 0.15) is 5.75 Å². The van der Waals surface area contributed by atoms with Gasteiger partial charge >= 0.3 is 5.97 Å². The first-order valence-electron chi connectivity index (χ1n) is 8.04. The predicted molar refractivity (Wildman–Crippen MR) is 99.7 cm³/mol. The van der Waals surface area contributed by atoms with Crippen LogP contribution in [0.5, 0.6) is 5.75 Å². The van der Waals surface area contributed by atoms with E-state index in [1.165, 1.54) is 39.4 Å². The van der Waals surface area contributed by atoms with Crippen molar-refractivity contribution in [2.24, 2.45) is 0 Å². The number of aryl methyl sites for hydroxylation is 1. The molecule has 0 aliphatic carbocycles. The number of carbonyl (C=O) groups excluding carboxylic acids is 2. The third-order valence-electron chi connectivity index (χ3n) is 3.95. The number of ether oxygens (including phenoxy) is 2. The monoisotopic (exact) mass is 391 g/mol. The highest BCUT2D eigenvalue weighted by Crippen LogP contribution is 2.19. The molecule has 144 valence electrons. The maximum atomic E-state index is 12.3. The van der Waals surface area contributed by atoms with E-state index in [0.29, 0.717) is 16.9 Å². The van der Waals surface area contributed by atoms with Crippen LogP contribution in [-0.2, 0) is 14.8 Å². The third-order valence-corrected chi connectivity index (χ3v) is 5.76. The molecule has 2 aromatic carbocycles. The average Bonchev–Trinajstić information content (AvgIpc) is 2.65. The molecule has 0 N–H and O–H groups in total. The smallest absolute Gasteiger partial charge is 0.338 e. The average molecular weight is 391 g/mol. The largest absolute Gasteiger partial charge is 0.497 e. The van der Waals surface area contributed by atoms with Crippen LogP contribution in [0.3, 0.4) is 0 Å². The lowest BCUT2D eigenvalue weighted by molar-refractivity contribution is 0.0473. The molecule has 0 aromatic heterocycles. The Morgan fingerprint density at radius 2 is 1.67 bits per heavy atom. The van der Waals surface area contributed by atoms with E-state index in [1.54, 1.807) is 31.2 Å². The van der Waals surface area contributed by atoms with Crippen molar-refractivity contribution in [1.82, 2.24) is 4.31 Å². The summed E-state index contributed by atoms with van der Waals surface area (Å²) in [5.74, 6) is -0.524. The second-order valence-electron chi connectivity index (χ2n) is 5.99. The van der Waals surface area contributed by atoms with Gasteiger partial charge in [0.2, 0.25) is 10.0 Å². The van der Waals surface area contributed by atoms with Gasteiger partial charge in [-0.25, -0.2) is 17.5 Å². The fraction of sp³-hybridized carbons (Fsp3) is 0.263. The molecule has 0 fully saturated rings. The summed E-state index contributed by atoms with van der Waals surface area (Å²) >= 11 is 0. The van der Waals surface area contributed by atoms with Crippen LogP contribution in [0.1, 0.15) is 26.3 Å². The van der Waals surface area contributed by atoms with Crippen molar-refractivity contribution < 1.29 is 27.5 Å². The summed E-state index contributed by atoms with van der Waals surface area (Å²) < 4.78 is 35.6. The number of hydrogen-bond acceptors (Lipinski definition) is 6. The number of hydrogen-bond donors (Lipinski definition) is 0. The van der Waals surface area contributed by atoms with Gasteiger partial charge in [-0.3, -0.25) is 4.79 Å². The van der Waals surface area contributed by atoms with Crippen LogP contribution in [-0.4, -0.2) is 52.3 Å². The maximum absolute atomic E-state index is 12.3. The van der Waals surface area contributed by atoms with Crippen LogP contribution in [0, 0.1) is 6.92 Å². The Morgan fingerprint density at radius 1 is 1.04 bits per heavy atom. The molecule has 0 amide bonds. The van der Waals surface area contributed by atoms with Crippen LogP contribution >= 0.6 is 0 Å². The first-order valence-corrected chi connectivity index (χ1v) is 9.48. The molecular weight excluding hydrogens is 370 g/mol. The van der Waals surface area contributed by atoms with Gasteiger partial charge in [-0.15, -0.1) is 0 Å². The van der Waals surface area contributed by atoms with E-state index in [9.17, 15) is 18.0 Å². The summed E-state index contributed by atoms with van der Waals surface area (Å²) in [7, 11) is 0.643. The summed E-state index contributed by atoms with van der Waals surface area (Å²) in [6, 6.07) is 10.6. The molecule has 0 saturated carbocycles. The maximum Gasteiger partial charge on any atom is 0.338 e. The number of esters is 1. The van der Waals surface area contributed by atoms with E-state index in [1.807, 2.05) is 0 Å². The first-order chi connectivity index (χ1) is 12.7. The van der Waals surface area contributed by atoms with Crippen LogP contribution in [0.15, 0.2) is 47.4 Å². The molecule has 0 bridgehead atoms. The van der Waals surface area contributed by atoms with Crippen molar-refractivity contribution >= 4 is 21.8 Å². The van der Waals surface area contributed by atoms with Gasteiger partial charge in [0, 0.05) is 19.7 Å². The Kier molecular flexibility index (Phi) is 6.35. The molecule has 0 aliphatic rings. The van der Waals surface area contributed by atoms with Gasteiger partial charge in [-0.05, 0) is 48.9 Å². The summed E-state index contributed by atoms with van der Waals surface area (Å²) in [5, 5.41) is 0. The number of methoxy groups -OCH3 is 1. The van der Waals surface area contributed by atoms with E-state index in [0.717, 1.165) is 4.31 Å². The van der Waals surface area contributed by atoms with Gasteiger partial charge in [-0.1, -0.05) is 6.07 Å². The minimum Gasteiger partial charge on any atom is -0.497 e. The zero-order valence-electron chi connectivity index (χ0n) is 15.6. The SMILES string of the molecule is COc1ccc(C(=O)COC(=O)c2cc(S(=O)(=O)N(C)C)ccc2C)cc1. The molecule has 7 nitrogen and oxygen atoms in total. The standard InChI is InChI=1S/C19H21NO6S/c1-13-5-10-16(27(23,24)20(2)3)11-17(13)19(22)26-12-18(21)14-6-8-15(25-4)9-7-14/h5-11H,12H2,1-4H3.